The lowest BCUT2D eigenvalue weighted by atomic mass is 9.92. The third-order valence-electron chi connectivity index (χ3n) is 3.12. The molecule has 1 atom stereocenters. The summed E-state index contributed by atoms with van der Waals surface area (Å²) in [4.78, 5) is 4.42. The highest BCUT2D eigenvalue weighted by Crippen LogP contribution is 2.39. The molecule has 4 nitrogen and oxygen atoms in total. The van der Waals surface area contributed by atoms with Gasteiger partial charge < -0.3 is 10.3 Å². The summed E-state index contributed by atoms with van der Waals surface area (Å²) in [5.41, 5.74) is 5.78. The Kier molecular flexibility index (Phi) is 3.02. The number of hydrogen-bond donors (Lipinski definition) is 1. The fourth-order valence-corrected chi connectivity index (χ4v) is 1.66. The molecule has 0 spiro atoms. The van der Waals surface area contributed by atoms with E-state index in [9.17, 15) is 0 Å². The Hall–Kier alpha value is -0.900. The van der Waals surface area contributed by atoms with E-state index in [1.807, 2.05) is 6.92 Å². The number of nitrogens with zero attached hydrogens (tertiary/aromatic N) is 2. The van der Waals surface area contributed by atoms with Gasteiger partial charge in [0.05, 0.1) is 5.54 Å². The largest absolute Gasteiger partial charge is 0.339 e. The molecule has 2 N–H and O–H groups in total. The van der Waals surface area contributed by atoms with Crippen LogP contribution in [0.15, 0.2) is 4.52 Å². The van der Waals surface area contributed by atoms with E-state index in [-0.39, 0.29) is 0 Å². The Labute approximate surface area is 96.6 Å². The maximum atomic E-state index is 6.24. The highest BCUT2D eigenvalue weighted by Gasteiger charge is 2.33. The minimum atomic E-state index is -0.457. The first-order valence-electron chi connectivity index (χ1n) is 6.12. The molecule has 0 amide bonds. The minimum absolute atomic E-state index is 0.457. The van der Waals surface area contributed by atoms with E-state index in [4.69, 9.17) is 10.3 Å². The number of nitrogens with two attached hydrogens (primary N) is 1. The van der Waals surface area contributed by atoms with Crippen molar-refractivity contribution in [2.45, 2.75) is 57.9 Å². The van der Waals surface area contributed by atoms with E-state index in [0.29, 0.717) is 17.7 Å². The Morgan fingerprint density at radius 2 is 2.19 bits per heavy atom. The van der Waals surface area contributed by atoms with Gasteiger partial charge in [-0.2, -0.15) is 4.98 Å². The molecule has 0 saturated heterocycles. The van der Waals surface area contributed by atoms with E-state index in [1.165, 1.54) is 12.8 Å². The number of hydrogen-bond acceptors (Lipinski definition) is 4. The van der Waals surface area contributed by atoms with Crippen molar-refractivity contribution < 1.29 is 4.52 Å². The van der Waals surface area contributed by atoms with Crippen molar-refractivity contribution in [1.82, 2.24) is 10.1 Å². The Morgan fingerprint density at radius 3 is 2.75 bits per heavy atom. The first-order valence-corrected chi connectivity index (χ1v) is 6.12. The lowest BCUT2D eigenvalue weighted by Gasteiger charge is -2.21. The summed E-state index contributed by atoms with van der Waals surface area (Å²) in [6.07, 6.45) is 4.33. The van der Waals surface area contributed by atoms with Crippen LogP contribution in [0.5, 0.6) is 0 Å². The van der Waals surface area contributed by atoms with Crippen LogP contribution >= 0.6 is 0 Å². The maximum Gasteiger partial charge on any atom is 0.229 e. The summed E-state index contributed by atoms with van der Waals surface area (Å²) < 4.78 is 5.24. The molecule has 1 unspecified atom stereocenters. The van der Waals surface area contributed by atoms with Crippen molar-refractivity contribution >= 4 is 0 Å². The van der Waals surface area contributed by atoms with E-state index in [1.54, 1.807) is 0 Å². The molecule has 1 heterocycles. The standard InChI is InChI=1S/C12H21N3O/c1-8(2)6-7-12(3,13)11-14-10(16-15-11)9-4-5-9/h8-9H,4-7,13H2,1-3H3. The normalized spacial score (nSPS) is 20.1. The van der Waals surface area contributed by atoms with Crippen molar-refractivity contribution in [2.75, 3.05) is 0 Å². The molecular formula is C12H21N3O. The first-order chi connectivity index (χ1) is 7.49. The van der Waals surface area contributed by atoms with Gasteiger partial charge in [-0.05, 0) is 38.5 Å². The Morgan fingerprint density at radius 1 is 1.50 bits per heavy atom. The molecule has 1 aromatic heterocycles. The van der Waals surface area contributed by atoms with Gasteiger partial charge in [-0.25, -0.2) is 0 Å². The summed E-state index contributed by atoms with van der Waals surface area (Å²) >= 11 is 0. The van der Waals surface area contributed by atoms with Crippen molar-refractivity contribution in [3.8, 4) is 0 Å². The smallest absolute Gasteiger partial charge is 0.229 e. The fourth-order valence-electron chi connectivity index (χ4n) is 1.66. The van der Waals surface area contributed by atoms with Gasteiger partial charge in [-0.15, -0.1) is 0 Å². The summed E-state index contributed by atoms with van der Waals surface area (Å²) in [6.45, 7) is 6.38. The van der Waals surface area contributed by atoms with Crippen molar-refractivity contribution in [3.63, 3.8) is 0 Å². The average molecular weight is 223 g/mol. The van der Waals surface area contributed by atoms with E-state index in [0.717, 1.165) is 18.7 Å². The van der Waals surface area contributed by atoms with Gasteiger partial charge in [-0.3, -0.25) is 0 Å². The zero-order valence-electron chi connectivity index (χ0n) is 10.4. The van der Waals surface area contributed by atoms with Crippen LogP contribution in [0, 0.1) is 5.92 Å². The summed E-state index contributed by atoms with van der Waals surface area (Å²) in [5, 5.41) is 4.02. The van der Waals surface area contributed by atoms with Crippen LogP contribution in [0.3, 0.4) is 0 Å². The lowest BCUT2D eigenvalue weighted by Crippen LogP contribution is -2.34. The first kappa shape index (κ1) is 11.6. The Balaban J connectivity index is 2.02. The van der Waals surface area contributed by atoms with Crippen molar-refractivity contribution in [2.24, 2.45) is 11.7 Å². The van der Waals surface area contributed by atoms with Crippen LogP contribution in [-0.4, -0.2) is 10.1 Å². The van der Waals surface area contributed by atoms with Crippen LogP contribution in [0.25, 0.3) is 0 Å². The molecule has 1 aliphatic carbocycles. The SMILES string of the molecule is CC(C)CCC(C)(N)c1noc(C2CC2)n1. The minimum Gasteiger partial charge on any atom is -0.339 e. The fraction of sp³-hybridized carbons (Fsp3) is 0.833. The third-order valence-corrected chi connectivity index (χ3v) is 3.12. The quantitative estimate of drug-likeness (QED) is 0.833. The number of rotatable bonds is 5. The van der Waals surface area contributed by atoms with Crippen LogP contribution in [-0.2, 0) is 5.54 Å². The molecule has 90 valence electrons. The van der Waals surface area contributed by atoms with Crippen LogP contribution in [0.1, 0.15) is 64.1 Å². The molecule has 0 aromatic carbocycles. The van der Waals surface area contributed by atoms with Crippen molar-refractivity contribution in [3.05, 3.63) is 11.7 Å². The van der Waals surface area contributed by atoms with Gasteiger partial charge in [0.1, 0.15) is 0 Å². The maximum absolute atomic E-state index is 6.24. The Bertz CT molecular complexity index is 353. The van der Waals surface area contributed by atoms with Gasteiger partial charge >= 0.3 is 0 Å². The van der Waals surface area contributed by atoms with Gasteiger partial charge in [0.15, 0.2) is 5.82 Å². The van der Waals surface area contributed by atoms with Crippen LogP contribution in [0.4, 0.5) is 0 Å². The predicted molar refractivity (Wildman–Crippen MR) is 61.9 cm³/mol. The second kappa shape index (κ2) is 4.17. The molecular weight excluding hydrogens is 202 g/mol. The molecule has 1 fully saturated rings. The third kappa shape index (κ3) is 2.61. The summed E-state index contributed by atoms with van der Waals surface area (Å²) in [6, 6.07) is 0. The lowest BCUT2D eigenvalue weighted by molar-refractivity contribution is 0.336. The molecule has 0 radical (unpaired) electrons. The van der Waals surface area contributed by atoms with Gasteiger partial charge in [0.2, 0.25) is 5.89 Å². The summed E-state index contributed by atoms with van der Waals surface area (Å²) in [5.74, 6) is 2.59. The van der Waals surface area contributed by atoms with Crippen LogP contribution in [0.2, 0.25) is 0 Å². The second-order valence-electron chi connectivity index (χ2n) is 5.58. The molecule has 1 aromatic rings. The van der Waals surface area contributed by atoms with E-state index in [2.05, 4.69) is 24.0 Å². The zero-order chi connectivity index (χ0) is 11.8. The molecule has 0 bridgehead atoms. The molecule has 2 rings (SSSR count). The number of aromatic nitrogens is 2. The van der Waals surface area contributed by atoms with Gasteiger partial charge in [0.25, 0.3) is 0 Å². The molecule has 0 aliphatic heterocycles. The van der Waals surface area contributed by atoms with Crippen molar-refractivity contribution in [1.29, 1.82) is 0 Å². The highest BCUT2D eigenvalue weighted by molar-refractivity contribution is 5.07. The van der Waals surface area contributed by atoms with E-state index < -0.39 is 5.54 Å². The van der Waals surface area contributed by atoms with Gasteiger partial charge in [0, 0.05) is 5.92 Å². The monoisotopic (exact) mass is 223 g/mol. The summed E-state index contributed by atoms with van der Waals surface area (Å²) in [7, 11) is 0. The van der Waals surface area contributed by atoms with Crippen LogP contribution < -0.4 is 5.73 Å². The van der Waals surface area contributed by atoms with Gasteiger partial charge in [-0.1, -0.05) is 19.0 Å². The average Bonchev–Trinajstić information content (AvgIpc) is 2.93. The molecule has 1 saturated carbocycles. The topological polar surface area (TPSA) is 64.9 Å². The predicted octanol–water partition coefficient (Wildman–Crippen LogP) is 2.56. The zero-order valence-corrected chi connectivity index (χ0v) is 10.4. The molecule has 4 heteroatoms. The second-order valence-corrected chi connectivity index (χ2v) is 5.58. The molecule has 1 aliphatic rings. The highest BCUT2D eigenvalue weighted by atomic mass is 16.5. The van der Waals surface area contributed by atoms with E-state index >= 15 is 0 Å². The molecule has 16 heavy (non-hydrogen) atoms.